The Kier molecular flexibility index (Phi) is 1.94. The lowest BCUT2D eigenvalue weighted by molar-refractivity contribution is -0.697. The van der Waals surface area contributed by atoms with Gasteiger partial charge in [0, 0.05) is 0 Å². The van der Waals surface area contributed by atoms with E-state index in [9.17, 15) is 10.3 Å². The van der Waals surface area contributed by atoms with Crippen molar-refractivity contribution in [2.24, 2.45) is 7.05 Å². The number of aromatic nitrogens is 2. The number of nitrogens with zero attached hydrogens (tertiary/aromatic N) is 2. The maximum absolute atomic E-state index is 11.7. The lowest BCUT2D eigenvalue weighted by Gasteiger charge is -1.97. The van der Waals surface area contributed by atoms with Gasteiger partial charge in [-0.3, -0.25) is 0 Å². The summed E-state index contributed by atoms with van der Waals surface area (Å²) in [6.45, 7) is -0.213. The SMILES string of the molecule is Cn1c2ccc(C3CC3)cc2c(CO)[n+]1[O-]. The molecule has 4 heteroatoms. The van der Waals surface area contributed by atoms with Gasteiger partial charge in [0.25, 0.3) is 5.69 Å². The summed E-state index contributed by atoms with van der Waals surface area (Å²) in [6.07, 6.45) is 2.48. The number of rotatable bonds is 2. The highest BCUT2D eigenvalue weighted by molar-refractivity contribution is 5.81. The van der Waals surface area contributed by atoms with E-state index in [1.807, 2.05) is 12.1 Å². The molecule has 4 nitrogen and oxygen atoms in total. The fourth-order valence-electron chi connectivity index (χ4n) is 2.27. The van der Waals surface area contributed by atoms with Crippen molar-refractivity contribution in [1.29, 1.82) is 0 Å². The second kappa shape index (κ2) is 3.22. The number of aryl methyl sites for hydroxylation is 1. The fourth-order valence-corrected chi connectivity index (χ4v) is 2.27. The molecule has 84 valence electrons. The Balaban J connectivity index is 2.28. The van der Waals surface area contributed by atoms with Gasteiger partial charge >= 0.3 is 0 Å². The van der Waals surface area contributed by atoms with Gasteiger partial charge in [0.15, 0.2) is 0 Å². The Bertz CT molecular complexity index is 556. The molecule has 3 rings (SSSR count). The van der Waals surface area contributed by atoms with Gasteiger partial charge in [-0.25, -0.2) is 0 Å². The van der Waals surface area contributed by atoms with Gasteiger partial charge < -0.3 is 10.3 Å². The van der Waals surface area contributed by atoms with Crippen LogP contribution in [0.25, 0.3) is 10.9 Å². The molecule has 0 saturated heterocycles. The number of fused-ring (bicyclic) bond motifs is 1. The smallest absolute Gasteiger partial charge is 0.254 e. The van der Waals surface area contributed by atoms with Gasteiger partial charge in [-0.05, 0) is 36.5 Å². The Hall–Kier alpha value is -1.55. The van der Waals surface area contributed by atoms with Crippen LogP contribution in [-0.4, -0.2) is 9.79 Å². The predicted molar refractivity (Wildman–Crippen MR) is 59.8 cm³/mol. The Morgan fingerprint density at radius 1 is 1.50 bits per heavy atom. The topological polar surface area (TPSA) is 52.1 Å². The lowest BCUT2D eigenvalue weighted by atomic mass is 10.1. The number of benzene rings is 1. The minimum atomic E-state index is -0.213. The van der Waals surface area contributed by atoms with E-state index in [4.69, 9.17) is 0 Å². The first-order valence-corrected chi connectivity index (χ1v) is 5.54. The summed E-state index contributed by atoms with van der Waals surface area (Å²) in [5.74, 6) is 0.663. The van der Waals surface area contributed by atoms with Gasteiger partial charge in [-0.15, -0.1) is 4.68 Å². The van der Waals surface area contributed by atoms with Crippen LogP contribution in [0.15, 0.2) is 18.2 Å². The Morgan fingerprint density at radius 3 is 2.88 bits per heavy atom. The first-order valence-electron chi connectivity index (χ1n) is 5.54. The molecule has 1 aliphatic carbocycles. The standard InChI is InChI=1S/C12H14N2O2/c1-13-11-5-4-9(8-2-3-8)6-10(11)12(7-15)14(13)16/h4-6,8,15H,2-3,7H2,1H3. The van der Waals surface area contributed by atoms with E-state index in [0.717, 1.165) is 15.7 Å². The zero-order chi connectivity index (χ0) is 11.3. The van der Waals surface area contributed by atoms with Gasteiger partial charge in [-0.1, -0.05) is 10.9 Å². The number of aliphatic hydroxyl groups excluding tert-OH is 1. The highest BCUT2D eigenvalue weighted by atomic mass is 16.5. The third kappa shape index (κ3) is 1.23. The van der Waals surface area contributed by atoms with Crippen molar-refractivity contribution >= 4 is 10.9 Å². The van der Waals surface area contributed by atoms with Crippen molar-refractivity contribution in [3.05, 3.63) is 34.7 Å². The van der Waals surface area contributed by atoms with Crippen molar-refractivity contribution in [2.45, 2.75) is 25.4 Å². The maximum Gasteiger partial charge on any atom is 0.254 e. The molecule has 0 radical (unpaired) electrons. The van der Waals surface area contributed by atoms with Gasteiger partial charge in [0.05, 0.1) is 12.4 Å². The molecule has 0 atom stereocenters. The summed E-state index contributed by atoms with van der Waals surface area (Å²) >= 11 is 0. The molecule has 1 heterocycles. The monoisotopic (exact) mass is 218 g/mol. The maximum atomic E-state index is 11.7. The summed E-state index contributed by atoms with van der Waals surface area (Å²) < 4.78 is 1.53. The molecule has 16 heavy (non-hydrogen) atoms. The second-order valence-electron chi connectivity index (χ2n) is 4.45. The molecule has 1 N–H and O–H groups in total. The number of hydrogen-bond donors (Lipinski definition) is 1. The molecule has 0 amide bonds. The summed E-state index contributed by atoms with van der Waals surface area (Å²) in [6, 6.07) is 6.10. The third-order valence-electron chi connectivity index (χ3n) is 3.38. The molecule has 1 aromatic heterocycles. The van der Waals surface area contributed by atoms with Crippen LogP contribution in [0.1, 0.15) is 30.0 Å². The van der Waals surface area contributed by atoms with Crippen LogP contribution in [0.2, 0.25) is 0 Å². The zero-order valence-electron chi connectivity index (χ0n) is 9.18. The Labute approximate surface area is 93.3 Å². The summed E-state index contributed by atoms with van der Waals surface area (Å²) in [5, 5.41) is 21.9. The van der Waals surface area contributed by atoms with Gasteiger partial charge in [-0.2, -0.15) is 0 Å². The lowest BCUT2D eigenvalue weighted by Crippen LogP contribution is -2.38. The molecule has 0 unspecified atom stereocenters. The molecule has 2 aromatic rings. The summed E-state index contributed by atoms with van der Waals surface area (Å²) in [7, 11) is 1.71. The van der Waals surface area contributed by atoms with Crippen molar-refractivity contribution in [3.63, 3.8) is 0 Å². The molecule has 1 aliphatic rings. The Morgan fingerprint density at radius 2 is 2.25 bits per heavy atom. The van der Waals surface area contributed by atoms with Crippen LogP contribution >= 0.6 is 0 Å². The zero-order valence-corrected chi connectivity index (χ0v) is 9.18. The third-order valence-corrected chi connectivity index (χ3v) is 3.38. The van der Waals surface area contributed by atoms with E-state index in [1.54, 1.807) is 7.05 Å². The molecule has 0 aliphatic heterocycles. The van der Waals surface area contributed by atoms with E-state index >= 15 is 0 Å². The highest BCUT2D eigenvalue weighted by Gasteiger charge is 2.26. The normalized spacial score (nSPS) is 15.9. The van der Waals surface area contributed by atoms with Crippen molar-refractivity contribution in [2.75, 3.05) is 0 Å². The highest BCUT2D eigenvalue weighted by Crippen LogP contribution is 2.41. The number of aliphatic hydroxyl groups is 1. The average Bonchev–Trinajstić information content (AvgIpc) is 3.09. The van der Waals surface area contributed by atoms with Crippen LogP contribution in [0.5, 0.6) is 0 Å². The summed E-state index contributed by atoms with van der Waals surface area (Å²) in [4.78, 5) is 0.765. The van der Waals surface area contributed by atoms with E-state index in [0.29, 0.717) is 11.6 Å². The van der Waals surface area contributed by atoms with Crippen molar-refractivity contribution in [3.8, 4) is 0 Å². The first-order chi connectivity index (χ1) is 7.72. The van der Waals surface area contributed by atoms with Gasteiger partial charge in [0.1, 0.15) is 12.1 Å². The van der Waals surface area contributed by atoms with E-state index < -0.39 is 0 Å². The second-order valence-corrected chi connectivity index (χ2v) is 4.45. The van der Waals surface area contributed by atoms with Crippen LogP contribution in [0.3, 0.4) is 0 Å². The van der Waals surface area contributed by atoms with Crippen molar-refractivity contribution in [1.82, 2.24) is 4.68 Å². The molecule has 1 saturated carbocycles. The van der Waals surface area contributed by atoms with Crippen molar-refractivity contribution < 1.29 is 9.95 Å². The quantitative estimate of drug-likeness (QED) is 0.608. The minimum Gasteiger partial charge on any atom is -0.596 e. The van der Waals surface area contributed by atoms with Gasteiger partial charge in [0.2, 0.25) is 0 Å². The van der Waals surface area contributed by atoms with E-state index in [1.165, 1.54) is 23.1 Å². The number of hydrogen-bond acceptors (Lipinski definition) is 2. The largest absolute Gasteiger partial charge is 0.596 e. The molecule has 1 fully saturated rings. The predicted octanol–water partition coefficient (Wildman–Crippen LogP) is 1.18. The van der Waals surface area contributed by atoms with E-state index in [-0.39, 0.29) is 6.61 Å². The summed E-state index contributed by atoms with van der Waals surface area (Å²) in [5.41, 5.74) is 2.61. The van der Waals surface area contributed by atoms with Crippen LogP contribution in [0.4, 0.5) is 0 Å². The van der Waals surface area contributed by atoms with Crippen LogP contribution < -0.4 is 4.85 Å². The minimum absolute atomic E-state index is 0.213. The fraction of sp³-hybridized carbons (Fsp3) is 0.417. The molecule has 0 bridgehead atoms. The first kappa shape index (κ1) is 9.66. The van der Waals surface area contributed by atoms with Crippen LogP contribution in [-0.2, 0) is 13.7 Å². The average molecular weight is 218 g/mol. The van der Waals surface area contributed by atoms with Crippen LogP contribution in [0, 0.1) is 5.21 Å². The molecule has 0 spiro atoms. The molecular weight excluding hydrogens is 204 g/mol. The molecule has 1 aromatic carbocycles. The van der Waals surface area contributed by atoms with E-state index in [2.05, 4.69) is 6.07 Å². The molecular formula is C12H14N2O2.